The summed E-state index contributed by atoms with van der Waals surface area (Å²) in [6.07, 6.45) is 0. The summed E-state index contributed by atoms with van der Waals surface area (Å²) in [5, 5.41) is 7.17. The van der Waals surface area contributed by atoms with Crippen LogP contribution in [-0.2, 0) is 26.2 Å². The van der Waals surface area contributed by atoms with Crippen LogP contribution >= 0.6 is 0 Å². The van der Waals surface area contributed by atoms with Crippen LogP contribution in [0.3, 0.4) is 0 Å². The van der Waals surface area contributed by atoms with Crippen LogP contribution in [0.25, 0.3) is 22.3 Å². The van der Waals surface area contributed by atoms with Crippen LogP contribution in [0.4, 0.5) is 0 Å². The van der Waals surface area contributed by atoms with Gasteiger partial charge in [0.25, 0.3) is 0 Å². The molecule has 0 aliphatic heterocycles. The van der Waals surface area contributed by atoms with Crippen LogP contribution in [0, 0.1) is 0 Å². The van der Waals surface area contributed by atoms with Crippen LogP contribution in [-0.4, -0.2) is 0 Å². The first-order valence-corrected chi connectivity index (χ1v) is 12.6. The number of hydrogen-bond donors (Lipinski definition) is 2. The lowest BCUT2D eigenvalue weighted by Gasteiger charge is -2.10. The zero-order valence-electron chi connectivity index (χ0n) is 20.5. The summed E-state index contributed by atoms with van der Waals surface area (Å²) in [6, 6.07) is 47.5. The molecule has 2 nitrogen and oxygen atoms in total. The highest BCUT2D eigenvalue weighted by Gasteiger charge is 2.01. The average Bonchev–Trinajstić information content (AvgIpc) is 2.95. The Hall–Kier alpha value is -3.98. The second kappa shape index (κ2) is 12.1. The fourth-order valence-corrected chi connectivity index (χ4v) is 4.44. The van der Waals surface area contributed by atoms with Crippen molar-refractivity contribution in [3.63, 3.8) is 0 Å². The molecule has 0 aromatic heterocycles. The topological polar surface area (TPSA) is 24.1 Å². The summed E-state index contributed by atoms with van der Waals surface area (Å²) in [4.78, 5) is 0. The van der Waals surface area contributed by atoms with Gasteiger partial charge in [0.2, 0.25) is 0 Å². The van der Waals surface area contributed by atoms with Crippen molar-refractivity contribution in [3.8, 4) is 22.3 Å². The van der Waals surface area contributed by atoms with Gasteiger partial charge in [-0.05, 0) is 44.5 Å². The standard InChI is InChI=1S/C34H32N2/c1-3-10-31(11-4-1)33-18-14-27(15-19-33)23-35-25-29-8-7-9-30(22-29)26-36-24-28-16-20-34(21-17-28)32-12-5-2-6-13-32/h1-22,35-36H,23-26H2. The van der Waals surface area contributed by atoms with Crippen LogP contribution in [0.2, 0.25) is 0 Å². The van der Waals surface area contributed by atoms with Crippen LogP contribution in [0.1, 0.15) is 22.3 Å². The Kier molecular flexibility index (Phi) is 8.00. The molecule has 5 rings (SSSR count). The molecule has 0 unspecified atom stereocenters. The molecule has 0 atom stereocenters. The van der Waals surface area contributed by atoms with E-state index < -0.39 is 0 Å². The minimum Gasteiger partial charge on any atom is -0.309 e. The summed E-state index contributed by atoms with van der Waals surface area (Å²) in [5.41, 5.74) is 10.2. The maximum absolute atomic E-state index is 3.58. The summed E-state index contributed by atoms with van der Waals surface area (Å²) in [6.45, 7) is 3.43. The van der Waals surface area contributed by atoms with Gasteiger partial charge in [-0.15, -0.1) is 0 Å². The first-order chi connectivity index (χ1) is 17.8. The normalized spacial score (nSPS) is 10.9. The van der Waals surface area contributed by atoms with Gasteiger partial charge in [0.05, 0.1) is 0 Å². The summed E-state index contributed by atoms with van der Waals surface area (Å²) in [7, 11) is 0. The molecule has 0 bridgehead atoms. The fourth-order valence-electron chi connectivity index (χ4n) is 4.44. The Bertz CT molecular complexity index is 1240. The monoisotopic (exact) mass is 468 g/mol. The van der Waals surface area contributed by atoms with Gasteiger partial charge in [0, 0.05) is 26.2 Å². The Morgan fingerprint density at radius 3 is 1.08 bits per heavy atom. The predicted molar refractivity (Wildman–Crippen MR) is 151 cm³/mol. The molecule has 0 heterocycles. The van der Waals surface area contributed by atoms with Crippen molar-refractivity contribution in [1.82, 2.24) is 10.6 Å². The van der Waals surface area contributed by atoms with Crippen LogP contribution in [0.5, 0.6) is 0 Å². The van der Waals surface area contributed by atoms with Gasteiger partial charge in [-0.25, -0.2) is 0 Å². The van der Waals surface area contributed by atoms with E-state index in [4.69, 9.17) is 0 Å². The summed E-state index contributed by atoms with van der Waals surface area (Å²) < 4.78 is 0. The van der Waals surface area contributed by atoms with E-state index in [-0.39, 0.29) is 0 Å². The lowest BCUT2D eigenvalue weighted by Crippen LogP contribution is -2.14. The zero-order chi connectivity index (χ0) is 24.4. The van der Waals surface area contributed by atoms with Crippen LogP contribution < -0.4 is 10.6 Å². The van der Waals surface area contributed by atoms with Gasteiger partial charge >= 0.3 is 0 Å². The third-order valence-corrected chi connectivity index (χ3v) is 6.43. The van der Waals surface area contributed by atoms with E-state index in [1.165, 1.54) is 44.5 Å². The number of nitrogens with one attached hydrogen (secondary N) is 2. The second-order valence-electron chi connectivity index (χ2n) is 9.15. The molecule has 0 spiro atoms. The van der Waals surface area contributed by atoms with E-state index >= 15 is 0 Å². The molecule has 0 saturated carbocycles. The first kappa shape index (κ1) is 23.7. The van der Waals surface area contributed by atoms with E-state index in [1.54, 1.807) is 0 Å². The van der Waals surface area contributed by atoms with E-state index in [9.17, 15) is 0 Å². The van der Waals surface area contributed by atoms with Crippen molar-refractivity contribution >= 4 is 0 Å². The molecule has 0 aliphatic rings. The molecular weight excluding hydrogens is 436 g/mol. The maximum Gasteiger partial charge on any atom is 0.0208 e. The van der Waals surface area contributed by atoms with E-state index in [0.717, 1.165) is 26.2 Å². The molecule has 36 heavy (non-hydrogen) atoms. The molecule has 0 amide bonds. The van der Waals surface area contributed by atoms with Gasteiger partial charge < -0.3 is 10.6 Å². The molecule has 5 aromatic carbocycles. The molecule has 0 aliphatic carbocycles. The third kappa shape index (κ3) is 6.57. The second-order valence-corrected chi connectivity index (χ2v) is 9.15. The number of benzene rings is 5. The molecule has 0 fully saturated rings. The Morgan fingerprint density at radius 1 is 0.306 bits per heavy atom. The van der Waals surface area contributed by atoms with Crippen molar-refractivity contribution in [1.29, 1.82) is 0 Å². The smallest absolute Gasteiger partial charge is 0.0208 e. The summed E-state index contributed by atoms with van der Waals surface area (Å²) in [5.74, 6) is 0. The lowest BCUT2D eigenvalue weighted by molar-refractivity contribution is 0.681. The van der Waals surface area contributed by atoms with E-state index in [2.05, 4.69) is 144 Å². The highest BCUT2D eigenvalue weighted by Crippen LogP contribution is 2.20. The van der Waals surface area contributed by atoms with Crippen molar-refractivity contribution in [2.24, 2.45) is 0 Å². The molecule has 2 N–H and O–H groups in total. The van der Waals surface area contributed by atoms with Crippen molar-refractivity contribution < 1.29 is 0 Å². The van der Waals surface area contributed by atoms with Gasteiger partial charge in [-0.1, -0.05) is 133 Å². The molecule has 178 valence electrons. The van der Waals surface area contributed by atoms with E-state index in [1.807, 2.05) is 0 Å². The van der Waals surface area contributed by atoms with Crippen molar-refractivity contribution in [3.05, 3.63) is 156 Å². The minimum absolute atomic E-state index is 0.856. The quantitative estimate of drug-likeness (QED) is 0.220. The third-order valence-electron chi connectivity index (χ3n) is 6.43. The largest absolute Gasteiger partial charge is 0.309 e. The molecule has 2 heteroatoms. The highest BCUT2D eigenvalue weighted by atomic mass is 14.9. The molecule has 0 radical (unpaired) electrons. The van der Waals surface area contributed by atoms with Gasteiger partial charge in [0.1, 0.15) is 0 Å². The molecule has 0 saturated heterocycles. The van der Waals surface area contributed by atoms with E-state index in [0.29, 0.717) is 0 Å². The molecule has 5 aromatic rings. The zero-order valence-corrected chi connectivity index (χ0v) is 20.5. The van der Waals surface area contributed by atoms with Crippen molar-refractivity contribution in [2.75, 3.05) is 0 Å². The number of rotatable bonds is 10. The summed E-state index contributed by atoms with van der Waals surface area (Å²) >= 11 is 0. The fraction of sp³-hybridized carbons (Fsp3) is 0.118. The Balaban J connectivity index is 1.07. The number of hydrogen-bond acceptors (Lipinski definition) is 2. The van der Waals surface area contributed by atoms with Gasteiger partial charge in [-0.3, -0.25) is 0 Å². The Morgan fingerprint density at radius 2 is 0.667 bits per heavy atom. The first-order valence-electron chi connectivity index (χ1n) is 12.6. The predicted octanol–water partition coefficient (Wildman–Crippen LogP) is 7.60. The van der Waals surface area contributed by atoms with Gasteiger partial charge in [0.15, 0.2) is 0 Å². The minimum atomic E-state index is 0.856. The maximum atomic E-state index is 3.58. The van der Waals surface area contributed by atoms with Crippen LogP contribution in [0.15, 0.2) is 133 Å². The highest BCUT2D eigenvalue weighted by molar-refractivity contribution is 5.64. The lowest BCUT2D eigenvalue weighted by atomic mass is 10.0. The SMILES string of the molecule is c1ccc(-c2ccc(CNCc3cccc(CNCc4ccc(-c5ccccc5)cc4)c3)cc2)cc1. The Labute approximate surface area is 214 Å². The average molecular weight is 469 g/mol. The molecular formula is C34H32N2. The van der Waals surface area contributed by atoms with Crippen molar-refractivity contribution in [2.45, 2.75) is 26.2 Å². The van der Waals surface area contributed by atoms with Gasteiger partial charge in [-0.2, -0.15) is 0 Å².